The fraction of sp³-hybridized carbons (Fsp3) is 0.360. The number of hydrogen-bond acceptors (Lipinski definition) is 2. The number of ketones is 1. The molecule has 0 aliphatic rings. The monoisotopic (exact) mass is 966 g/mol. The molecule has 8 heteroatoms. The third kappa shape index (κ3) is 7.82. The molecular weight excluding hydrogens is 910 g/mol. The number of aliphatic hydroxyl groups is 1. The van der Waals surface area contributed by atoms with Crippen LogP contribution in [0.2, 0.25) is 0 Å². The molecule has 3 aromatic heterocycles. The zero-order valence-corrected chi connectivity index (χ0v) is 37.4. The molecule has 0 spiro atoms. The molecule has 0 saturated heterocycles. The Morgan fingerprint density at radius 1 is 0.810 bits per heavy atom. The average Bonchev–Trinajstić information content (AvgIpc) is 3.69. The van der Waals surface area contributed by atoms with Crippen molar-refractivity contribution in [2.45, 2.75) is 99.6 Å². The minimum absolute atomic E-state index is 0. The van der Waals surface area contributed by atoms with Crippen molar-refractivity contribution in [2.24, 2.45) is 17.3 Å². The molecule has 309 valence electrons. The molecule has 0 aliphatic heterocycles. The molecule has 1 N–H and O–H groups in total. The van der Waals surface area contributed by atoms with E-state index in [0.29, 0.717) is 11.5 Å². The standard InChI is InChI=1S/C37H32F3N2.C13H24O2.Ir/c1-21(2)29-19-30(22(3)24-12-7-8-13-25(24)29)34-35-27(17-18-41(34)6)26-14-10-15-28-32-23(20-36(4,5)37(38,39)40)11-9-16-31(32)42(35)33(26)28;1-5-10(6-2)12(14)9-13(15)11(7-3)8-4;/h7-19,21H,3,6,20H2,1-2,4-5H3;9-11,14H,5-8H2,1-4H3;/q-1;;/b;12-9-;. The number of hydrogen-bond donors (Lipinski definition) is 1. The fourth-order valence-corrected chi connectivity index (χ4v) is 8.60. The number of carbonyl (C=O) groups excluding carboxylic acids is 1. The average molecular weight is 966 g/mol. The van der Waals surface area contributed by atoms with Gasteiger partial charge in [-0.05, 0) is 61.1 Å². The van der Waals surface area contributed by atoms with Crippen LogP contribution in [-0.4, -0.2) is 21.5 Å². The molecule has 3 heterocycles. The Labute approximate surface area is 354 Å². The predicted octanol–water partition coefficient (Wildman–Crippen LogP) is 13.9. The maximum absolute atomic E-state index is 14.0. The normalized spacial score (nSPS) is 12.8. The van der Waals surface area contributed by atoms with E-state index in [1.54, 1.807) is 0 Å². The third-order valence-electron chi connectivity index (χ3n) is 12.1. The summed E-state index contributed by atoms with van der Waals surface area (Å²) in [5.74, 6) is 0.839. The molecule has 58 heavy (non-hydrogen) atoms. The fourth-order valence-electron chi connectivity index (χ4n) is 8.60. The van der Waals surface area contributed by atoms with Crippen LogP contribution in [0.5, 0.6) is 0 Å². The van der Waals surface area contributed by atoms with Crippen LogP contribution < -0.4 is 4.57 Å². The van der Waals surface area contributed by atoms with E-state index in [-0.39, 0.29) is 49.9 Å². The zero-order chi connectivity index (χ0) is 41.6. The van der Waals surface area contributed by atoms with Gasteiger partial charge < -0.3 is 14.1 Å². The first kappa shape index (κ1) is 44.6. The van der Waals surface area contributed by atoms with Gasteiger partial charge in [-0.25, -0.2) is 0 Å². The second-order valence-electron chi connectivity index (χ2n) is 16.5. The van der Waals surface area contributed by atoms with E-state index in [0.717, 1.165) is 86.0 Å². The van der Waals surface area contributed by atoms with Crippen molar-refractivity contribution in [1.29, 1.82) is 0 Å². The Kier molecular flexibility index (Phi) is 13.4. The van der Waals surface area contributed by atoms with E-state index in [1.807, 2.05) is 74.9 Å². The molecule has 0 saturated carbocycles. The van der Waals surface area contributed by atoms with E-state index in [4.69, 9.17) is 0 Å². The molecule has 0 fully saturated rings. The number of para-hydroxylation sites is 1. The van der Waals surface area contributed by atoms with Crippen molar-refractivity contribution in [2.75, 3.05) is 0 Å². The van der Waals surface area contributed by atoms with Gasteiger partial charge in [0, 0.05) is 61.2 Å². The summed E-state index contributed by atoms with van der Waals surface area (Å²) >= 11 is 0. The number of alkyl halides is 3. The molecule has 0 unspecified atom stereocenters. The minimum atomic E-state index is -4.32. The van der Waals surface area contributed by atoms with Gasteiger partial charge in [-0.3, -0.25) is 4.79 Å². The van der Waals surface area contributed by atoms with Crippen LogP contribution in [0.4, 0.5) is 13.2 Å². The van der Waals surface area contributed by atoms with Crippen molar-refractivity contribution in [3.63, 3.8) is 0 Å². The maximum Gasteiger partial charge on any atom is 0.394 e. The summed E-state index contributed by atoms with van der Waals surface area (Å²) in [6, 6.07) is 24.6. The molecule has 0 amide bonds. The molecule has 4 aromatic carbocycles. The van der Waals surface area contributed by atoms with Gasteiger partial charge in [0.05, 0.1) is 39.6 Å². The quantitative estimate of drug-likeness (QED) is 0.0608. The van der Waals surface area contributed by atoms with Crippen LogP contribution in [0.15, 0.2) is 90.8 Å². The Hall–Kier alpha value is -4.52. The van der Waals surface area contributed by atoms with Crippen molar-refractivity contribution in [1.82, 2.24) is 4.40 Å². The van der Waals surface area contributed by atoms with Crippen LogP contribution in [0.3, 0.4) is 0 Å². The topological polar surface area (TPSA) is 45.6 Å². The van der Waals surface area contributed by atoms with Gasteiger partial charge >= 0.3 is 6.18 Å². The Morgan fingerprint density at radius 3 is 1.98 bits per heavy atom. The number of fused-ring (bicyclic) bond motifs is 7. The van der Waals surface area contributed by atoms with Crippen molar-refractivity contribution in [3.8, 4) is 11.3 Å². The van der Waals surface area contributed by atoms with Crippen LogP contribution in [0.1, 0.15) is 104 Å². The summed E-state index contributed by atoms with van der Waals surface area (Å²) < 4.78 is 46.2. The summed E-state index contributed by atoms with van der Waals surface area (Å²) in [4.78, 5) is 11.7. The van der Waals surface area contributed by atoms with Crippen molar-refractivity contribution >= 4 is 54.7 Å². The van der Waals surface area contributed by atoms with E-state index in [2.05, 4.69) is 68.6 Å². The van der Waals surface area contributed by atoms with E-state index in [9.17, 15) is 23.1 Å². The number of nitrogens with zero attached hydrogens (tertiary/aromatic N) is 2. The summed E-state index contributed by atoms with van der Waals surface area (Å²) in [5.41, 5.74) is 5.83. The van der Waals surface area contributed by atoms with Gasteiger partial charge in [0.15, 0.2) is 5.78 Å². The third-order valence-corrected chi connectivity index (χ3v) is 12.1. The molecular formula is C50H56F3IrN2O2-. The van der Waals surface area contributed by atoms with Crippen LogP contribution in [-0.2, 0) is 31.3 Å². The van der Waals surface area contributed by atoms with Gasteiger partial charge in [-0.15, -0.1) is 23.1 Å². The second kappa shape index (κ2) is 17.4. The number of aromatic nitrogens is 2. The SMILES string of the molecule is CCC(CC)C(=O)/C=C(\O)C(CC)CC.[CH2-]c1c(-c2c3c(cc[n+]2[CH2-])c2cccc4c5c(CC(C)(C)C(F)(F)F)cccc5n3c24)cc(C(C)C)c2ccccc12.[Ir]. The molecule has 1 radical (unpaired) electrons. The van der Waals surface area contributed by atoms with Crippen LogP contribution in [0, 0.1) is 31.2 Å². The molecule has 0 atom stereocenters. The van der Waals surface area contributed by atoms with Crippen molar-refractivity contribution < 1.29 is 47.7 Å². The maximum atomic E-state index is 14.0. The first-order valence-electron chi connectivity index (χ1n) is 20.3. The van der Waals surface area contributed by atoms with Gasteiger partial charge in [0.2, 0.25) is 0 Å². The summed E-state index contributed by atoms with van der Waals surface area (Å²) in [5, 5.41) is 16.0. The molecule has 7 rings (SSSR count). The van der Waals surface area contributed by atoms with E-state index in [1.165, 1.54) is 30.9 Å². The van der Waals surface area contributed by atoms with Gasteiger partial charge in [-0.2, -0.15) is 25.7 Å². The molecule has 7 aromatic rings. The number of rotatable bonds is 11. The number of halogens is 3. The van der Waals surface area contributed by atoms with Crippen LogP contribution in [0.25, 0.3) is 60.1 Å². The summed E-state index contributed by atoms with van der Waals surface area (Å²) in [7, 11) is 4.40. The second-order valence-corrected chi connectivity index (χ2v) is 16.5. The number of aliphatic hydroxyl groups excluding tert-OH is 1. The minimum Gasteiger partial charge on any atom is -0.512 e. The van der Waals surface area contributed by atoms with Crippen LogP contribution >= 0.6 is 0 Å². The zero-order valence-electron chi connectivity index (χ0n) is 35.0. The van der Waals surface area contributed by atoms with E-state index < -0.39 is 11.6 Å². The van der Waals surface area contributed by atoms with Gasteiger partial charge in [-0.1, -0.05) is 115 Å². The number of pyridine rings is 1. The number of allylic oxidation sites excluding steroid dienone is 2. The number of benzene rings is 4. The van der Waals surface area contributed by atoms with Gasteiger partial charge in [0.1, 0.15) is 0 Å². The van der Waals surface area contributed by atoms with E-state index >= 15 is 0 Å². The summed E-state index contributed by atoms with van der Waals surface area (Å²) in [6.45, 7) is 19.6. The predicted molar refractivity (Wildman–Crippen MR) is 231 cm³/mol. The van der Waals surface area contributed by atoms with Crippen molar-refractivity contribution in [3.05, 3.63) is 121 Å². The molecule has 0 bridgehead atoms. The largest absolute Gasteiger partial charge is 0.512 e. The molecule has 4 nitrogen and oxygen atoms in total. The Bertz CT molecular complexity index is 2610. The smallest absolute Gasteiger partial charge is 0.394 e. The molecule has 0 aliphatic carbocycles. The first-order chi connectivity index (χ1) is 27.0. The van der Waals surface area contributed by atoms with Gasteiger partial charge in [0.25, 0.3) is 0 Å². The number of carbonyl (C=O) groups is 1. The Morgan fingerprint density at radius 2 is 1.38 bits per heavy atom. The Balaban J connectivity index is 0.000000344. The summed E-state index contributed by atoms with van der Waals surface area (Å²) in [6.07, 6.45) is 2.47. The first-order valence-corrected chi connectivity index (χ1v) is 20.3.